The van der Waals surface area contributed by atoms with E-state index in [0.29, 0.717) is 11.5 Å². The number of hydrogen-bond acceptors (Lipinski definition) is 6. The van der Waals surface area contributed by atoms with Gasteiger partial charge in [-0.05, 0) is 37.6 Å². The highest BCUT2D eigenvalue weighted by molar-refractivity contribution is 7.12. The molecule has 7 heteroatoms. The number of ether oxygens (including phenoxy) is 1. The topological polar surface area (TPSA) is 108 Å². The number of phenols is 1. The summed E-state index contributed by atoms with van der Waals surface area (Å²) in [6.45, 7) is 4.09. The largest absolute Gasteiger partial charge is 0.508 e. The normalized spacial score (nSPS) is 16.1. The van der Waals surface area contributed by atoms with Gasteiger partial charge in [0.25, 0.3) is 0 Å². The van der Waals surface area contributed by atoms with Crippen molar-refractivity contribution in [2.45, 2.75) is 19.8 Å². The van der Waals surface area contributed by atoms with Gasteiger partial charge in [0.2, 0.25) is 11.8 Å². The van der Waals surface area contributed by atoms with Gasteiger partial charge in [0.05, 0.1) is 17.2 Å². The van der Waals surface area contributed by atoms with Crippen LogP contribution in [0.5, 0.6) is 11.6 Å². The second kappa shape index (κ2) is 5.93. The number of hydrogen-bond donors (Lipinski definition) is 3. The SMILES string of the molecule is Cc1cc(-c2[nH]nc3c2[C@H](c2cccc(O)c2)C(C#N)=C(N)O3)c(C)s1. The van der Waals surface area contributed by atoms with E-state index >= 15 is 0 Å². The number of nitrogens with two attached hydrogens (primary N) is 1. The fourth-order valence-corrected chi connectivity index (χ4v) is 4.30. The molecule has 0 spiro atoms. The molecule has 26 heavy (non-hydrogen) atoms. The number of nitrogens with one attached hydrogen (secondary N) is 1. The fraction of sp³-hybridized carbons (Fsp3) is 0.158. The molecule has 130 valence electrons. The molecule has 1 atom stereocenters. The number of aromatic nitrogens is 2. The molecule has 1 aromatic carbocycles. The van der Waals surface area contributed by atoms with E-state index < -0.39 is 5.92 Å². The van der Waals surface area contributed by atoms with E-state index in [0.717, 1.165) is 27.3 Å². The summed E-state index contributed by atoms with van der Waals surface area (Å²) < 4.78 is 5.60. The summed E-state index contributed by atoms with van der Waals surface area (Å²) in [6, 6.07) is 11.1. The Morgan fingerprint density at radius 2 is 2.15 bits per heavy atom. The zero-order valence-electron chi connectivity index (χ0n) is 14.2. The summed E-state index contributed by atoms with van der Waals surface area (Å²) in [6.07, 6.45) is 0. The Hall–Kier alpha value is -3.24. The maximum absolute atomic E-state index is 9.92. The Morgan fingerprint density at radius 3 is 2.81 bits per heavy atom. The van der Waals surface area contributed by atoms with Crippen molar-refractivity contribution in [2.24, 2.45) is 5.73 Å². The maximum atomic E-state index is 9.92. The van der Waals surface area contributed by atoms with Crippen molar-refractivity contribution in [1.29, 1.82) is 5.26 Å². The van der Waals surface area contributed by atoms with Crippen molar-refractivity contribution >= 4 is 11.3 Å². The van der Waals surface area contributed by atoms with Gasteiger partial charge in [-0.3, -0.25) is 5.10 Å². The summed E-state index contributed by atoms with van der Waals surface area (Å²) in [5, 5.41) is 26.9. The standard InChI is InChI=1S/C19H16N4O2S/c1-9-6-13(10(2)26-9)17-16-15(11-4-3-5-12(24)7-11)14(8-20)18(21)25-19(16)23-22-17/h3-7,15,24H,21H2,1-2H3,(H,22,23)/t15-/m1/s1. The van der Waals surface area contributed by atoms with Crippen LogP contribution in [0.25, 0.3) is 11.3 Å². The van der Waals surface area contributed by atoms with E-state index in [1.165, 1.54) is 4.88 Å². The molecule has 1 aliphatic heterocycles. The zero-order chi connectivity index (χ0) is 18.4. The van der Waals surface area contributed by atoms with Crippen LogP contribution < -0.4 is 10.5 Å². The number of benzene rings is 1. The van der Waals surface area contributed by atoms with Gasteiger partial charge in [0.1, 0.15) is 17.4 Å². The summed E-state index contributed by atoms with van der Waals surface area (Å²) in [7, 11) is 0. The molecule has 4 rings (SSSR count). The highest BCUT2D eigenvalue weighted by atomic mass is 32.1. The van der Waals surface area contributed by atoms with E-state index in [9.17, 15) is 10.4 Å². The van der Waals surface area contributed by atoms with E-state index in [4.69, 9.17) is 10.5 Å². The second-order valence-corrected chi connectivity index (χ2v) is 7.62. The van der Waals surface area contributed by atoms with Crippen LogP contribution in [0.3, 0.4) is 0 Å². The molecule has 0 saturated carbocycles. The number of aryl methyl sites for hydroxylation is 2. The van der Waals surface area contributed by atoms with Crippen LogP contribution in [0.15, 0.2) is 41.8 Å². The number of nitriles is 1. The molecule has 0 amide bonds. The van der Waals surface area contributed by atoms with Crippen LogP contribution in [0.4, 0.5) is 0 Å². The molecule has 0 bridgehead atoms. The Kier molecular flexibility index (Phi) is 3.71. The Balaban J connectivity index is 1.98. The fourth-order valence-electron chi connectivity index (χ4n) is 3.37. The lowest BCUT2D eigenvalue weighted by Gasteiger charge is -2.24. The number of allylic oxidation sites excluding steroid dienone is 1. The Morgan fingerprint density at radius 1 is 1.35 bits per heavy atom. The average Bonchev–Trinajstić information content (AvgIpc) is 3.15. The first-order chi connectivity index (χ1) is 12.5. The van der Waals surface area contributed by atoms with Crippen LogP contribution in [0, 0.1) is 25.2 Å². The lowest BCUT2D eigenvalue weighted by atomic mass is 9.83. The first kappa shape index (κ1) is 16.2. The zero-order valence-corrected chi connectivity index (χ0v) is 15.0. The quantitative estimate of drug-likeness (QED) is 0.643. The van der Waals surface area contributed by atoms with E-state index in [1.807, 2.05) is 19.9 Å². The van der Waals surface area contributed by atoms with Gasteiger partial charge in [0.15, 0.2) is 0 Å². The number of aromatic amines is 1. The molecule has 4 N–H and O–H groups in total. The molecule has 2 aromatic heterocycles. The predicted molar refractivity (Wildman–Crippen MR) is 98.8 cm³/mol. The molecule has 6 nitrogen and oxygen atoms in total. The van der Waals surface area contributed by atoms with Gasteiger partial charge in [-0.15, -0.1) is 16.4 Å². The van der Waals surface area contributed by atoms with Crippen LogP contribution in [0.1, 0.15) is 26.8 Å². The molecular formula is C19H16N4O2S. The maximum Gasteiger partial charge on any atom is 0.244 e. The summed E-state index contributed by atoms with van der Waals surface area (Å²) in [5.74, 6) is 0.0425. The van der Waals surface area contributed by atoms with Crippen molar-refractivity contribution in [1.82, 2.24) is 10.2 Å². The molecule has 0 radical (unpaired) electrons. The monoisotopic (exact) mass is 364 g/mol. The van der Waals surface area contributed by atoms with Crippen molar-refractivity contribution < 1.29 is 9.84 Å². The van der Waals surface area contributed by atoms with Crippen LogP contribution in [-0.2, 0) is 0 Å². The average molecular weight is 364 g/mol. The van der Waals surface area contributed by atoms with Gasteiger partial charge in [-0.1, -0.05) is 12.1 Å². The highest BCUT2D eigenvalue weighted by Crippen LogP contribution is 2.47. The minimum Gasteiger partial charge on any atom is -0.508 e. The number of fused-ring (bicyclic) bond motifs is 1. The summed E-state index contributed by atoms with van der Waals surface area (Å²) in [4.78, 5) is 2.33. The third-order valence-corrected chi connectivity index (χ3v) is 5.42. The van der Waals surface area contributed by atoms with E-state index in [2.05, 4.69) is 22.3 Å². The minimum absolute atomic E-state index is 0.0320. The van der Waals surface area contributed by atoms with Crippen LogP contribution >= 0.6 is 11.3 Å². The molecule has 0 unspecified atom stereocenters. The molecule has 0 aliphatic carbocycles. The first-order valence-corrected chi connectivity index (χ1v) is 8.83. The van der Waals surface area contributed by atoms with E-state index in [-0.39, 0.29) is 11.6 Å². The van der Waals surface area contributed by atoms with Gasteiger partial charge >= 0.3 is 0 Å². The lowest BCUT2D eigenvalue weighted by molar-refractivity contribution is 0.378. The highest BCUT2D eigenvalue weighted by Gasteiger charge is 2.36. The predicted octanol–water partition coefficient (Wildman–Crippen LogP) is 3.68. The number of rotatable bonds is 2. The molecular weight excluding hydrogens is 348 g/mol. The van der Waals surface area contributed by atoms with Gasteiger partial charge in [-0.25, -0.2) is 0 Å². The second-order valence-electron chi connectivity index (χ2n) is 6.16. The number of aromatic hydroxyl groups is 1. The van der Waals surface area contributed by atoms with Crippen molar-refractivity contribution in [3.8, 4) is 29.0 Å². The number of nitrogens with zero attached hydrogens (tertiary/aromatic N) is 2. The molecule has 3 aromatic rings. The Bertz CT molecular complexity index is 1090. The summed E-state index contributed by atoms with van der Waals surface area (Å²) >= 11 is 1.69. The molecule has 0 saturated heterocycles. The van der Waals surface area contributed by atoms with Gasteiger partial charge in [-0.2, -0.15) is 5.26 Å². The van der Waals surface area contributed by atoms with Crippen molar-refractivity contribution in [2.75, 3.05) is 0 Å². The van der Waals surface area contributed by atoms with Crippen LogP contribution in [-0.4, -0.2) is 15.3 Å². The van der Waals surface area contributed by atoms with Gasteiger partial charge in [0, 0.05) is 15.3 Å². The Labute approximate surface area is 154 Å². The first-order valence-electron chi connectivity index (χ1n) is 8.01. The smallest absolute Gasteiger partial charge is 0.244 e. The van der Waals surface area contributed by atoms with Crippen LogP contribution in [0.2, 0.25) is 0 Å². The molecule has 3 heterocycles. The van der Waals surface area contributed by atoms with Crippen molar-refractivity contribution in [3.05, 3.63) is 62.7 Å². The number of thiophene rings is 1. The lowest BCUT2D eigenvalue weighted by Crippen LogP contribution is -2.20. The minimum atomic E-state index is -0.468. The molecule has 0 fully saturated rings. The van der Waals surface area contributed by atoms with Gasteiger partial charge < -0.3 is 15.6 Å². The van der Waals surface area contributed by atoms with E-state index in [1.54, 1.807) is 29.5 Å². The third kappa shape index (κ3) is 2.43. The number of phenolic OH excluding ortho intramolecular Hbond substituents is 1. The number of H-pyrrole nitrogens is 1. The molecule has 1 aliphatic rings. The summed E-state index contributed by atoms with van der Waals surface area (Å²) in [5.41, 5.74) is 9.60. The van der Waals surface area contributed by atoms with Crippen molar-refractivity contribution in [3.63, 3.8) is 0 Å². The third-order valence-electron chi connectivity index (χ3n) is 4.45.